The van der Waals surface area contributed by atoms with E-state index in [1.54, 1.807) is 0 Å². The fourth-order valence-corrected chi connectivity index (χ4v) is 9.15. The number of rotatable bonds is 6. The number of nitrogens with zero attached hydrogens (tertiary/aromatic N) is 2. The molecule has 2 heteroatoms. The first-order chi connectivity index (χ1) is 28.2. The lowest BCUT2D eigenvalue weighted by Gasteiger charge is -2.28. The molecule has 11 aromatic rings. The largest absolute Gasteiger partial charge is 0.310 e. The van der Waals surface area contributed by atoms with Crippen LogP contribution in [0.4, 0.5) is 17.1 Å². The molecule has 0 amide bonds. The fraction of sp³-hybridized carbons (Fsp3) is 0.0182. The number of hydrogen-bond acceptors (Lipinski definition) is 1. The van der Waals surface area contributed by atoms with E-state index in [4.69, 9.17) is 0 Å². The molecule has 0 spiro atoms. The molecule has 2 nitrogen and oxygen atoms in total. The molecule has 10 aromatic carbocycles. The average Bonchev–Trinajstić information content (AvgIpc) is 3.61. The van der Waals surface area contributed by atoms with Gasteiger partial charge in [-0.3, -0.25) is 0 Å². The molecule has 0 fully saturated rings. The molecule has 1 aromatic heterocycles. The van der Waals surface area contributed by atoms with Gasteiger partial charge in [-0.1, -0.05) is 163 Å². The summed E-state index contributed by atoms with van der Waals surface area (Å²) in [5, 5.41) is 10.00. The van der Waals surface area contributed by atoms with Gasteiger partial charge in [-0.25, -0.2) is 0 Å². The molecular weight excluding hydrogens is 689 g/mol. The zero-order chi connectivity index (χ0) is 37.9. The topological polar surface area (TPSA) is 8.17 Å². The Balaban J connectivity index is 1.12. The smallest absolute Gasteiger partial charge is 0.0541 e. The summed E-state index contributed by atoms with van der Waals surface area (Å²) < 4.78 is 2.38. The standard InChI is InChI=1S/C55H38N2/c1-37-28-33-49-50(36-37)54(38-16-4-2-5-17-38)46-24-10-11-25-47(46)55(49)48-34-35-53(43-21-9-8-20-42(43)48)56(39-18-6-3-7-19-39)40-29-31-41(32-30-40)57-51-26-14-12-22-44(51)45-23-13-15-27-52(45)57/h2-36H,1H3. The number of para-hydroxylation sites is 3. The normalized spacial score (nSPS) is 11.6. The fourth-order valence-electron chi connectivity index (χ4n) is 9.15. The highest BCUT2D eigenvalue weighted by atomic mass is 15.1. The van der Waals surface area contributed by atoms with Crippen LogP contribution in [0.3, 0.4) is 0 Å². The Bertz CT molecular complexity index is 3230. The van der Waals surface area contributed by atoms with Crippen molar-refractivity contribution in [3.05, 3.63) is 218 Å². The second kappa shape index (κ2) is 13.4. The van der Waals surface area contributed by atoms with Gasteiger partial charge in [-0.15, -0.1) is 0 Å². The lowest BCUT2D eigenvalue weighted by atomic mass is 9.84. The summed E-state index contributed by atoms with van der Waals surface area (Å²) in [6.07, 6.45) is 0. The van der Waals surface area contributed by atoms with Crippen LogP contribution in [0.2, 0.25) is 0 Å². The zero-order valence-corrected chi connectivity index (χ0v) is 31.6. The molecule has 0 N–H and O–H groups in total. The van der Waals surface area contributed by atoms with Crippen molar-refractivity contribution in [3.8, 4) is 27.9 Å². The van der Waals surface area contributed by atoms with Crippen LogP contribution in [0.25, 0.3) is 82.1 Å². The second-order valence-electron chi connectivity index (χ2n) is 14.9. The van der Waals surface area contributed by atoms with Crippen LogP contribution < -0.4 is 4.90 Å². The van der Waals surface area contributed by atoms with E-state index in [0.29, 0.717) is 0 Å². The number of aryl methyl sites for hydroxylation is 1. The Morgan fingerprint density at radius 2 is 0.860 bits per heavy atom. The SMILES string of the molecule is Cc1ccc2c(-c3ccc(N(c4ccccc4)c4ccc(-n5c6ccccc6c6ccccc65)cc4)c4ccccc34)c3ccccc3c(-c3ccccc3)c2c1. The Kier molecular flexibility index (Phi) is 7.75. The summed E-state index contributed by atoms with van der Waals surface area (Å²) in [5.74, 6) is 0. The first-order valence-electron chi connectivity index (χ1n) is 19.7. The van der Waals surface area contributed by atoms with Crippen molar-refractivity contribution in [1.29, 1.82) is 0 Å². The minimum absolute atomic E-state index is 1.10. The van der Waals surface area contributed by atoms with Gasteiger partial charge in [0.05, 0.1) is 16.7 Å². The first-order valence-corrected chi connectivity index (χ1v) is 19.7. The molecule has 0 atom stereocenters. The summed E-state index contributed by atoms with van der Waals surface area (Å²) in [5.41, 5.74) is 13.2. The van der Waals surface area contributed by atoms with E-state index < -0.39 is 0 Å². The molecule has 0 aliphatic rings. The Morgan fingerprint density at radius 3 is 1.53 bits per heavy atom. The van der Waals surface area contributed by atoms with E-state index in [9.17, 15) is 0 Å². The quantitative estimate of drug-likeness (QED) is 0.155. The van der Waals surface area contributed by atoms with Gasteiger partial charge in [-0.05, 0) is 111 Å². The van der Waals surface area contributed by atoms with E-state index >= 15 is 0 Å². The van der Waals surface area contributed by atoms with Gasteiger partial charge in [0.1, 0.15) is 0 Å². The summed E-state index contributed by atoms with van der Waals surface area (Å²) in [4.78, 5) is 2.40. The van der Waals surface area contributed by atoms with Gasteiger partial charge < -0.3 is 9.47 Å². The van der Waals surface area contributed by atoms with Crippen LogP contribution >= 0.6 is 0 Å². The van der Waals surface area contributed by atoms with Crippen molar-refractivity contribution in [1.82, 2.24) is 4.57 Å². The second-order valence-corrected chi connectivity index (χ2v) is 14.9. The molecule has 1 heterocycles. The monoisotopic (exact) mass is 726 g/mol. The molecule has 57 heavy (non-hydrogen) atoms. The van der Waals surface area contributed by atoms with Crippen molar-refractivity contribution >= 4 is 71.2 Å². The Morgan fingerprint density at radius 1 is 0.351 bits per heavy atom. The summed E-state index contributed by atoms with van der Waals surface area (Å²) in [6.45, 7) is 2.20. The third-order valence-corrected chi connectivity index (χ3v) is 11.6. The minimum atomic E-state index is 1.10. The predicted octanol–water partition coefficient (Wildman–Crippen LogP) is 15.4. The Hall–Kier alpha value is -7.42. The highest BCUT2D eigenvalue weighted by Crippen LogP contribution is 2.48. The Labute approximate surface area is 332 Å². The van der Waals surface area contributed by atoms with Crippen molar-refractivity contribution in [3.63, 3.8) is 0 Å². The van der Waals surface area contributed by atoms with E-state index in [1.807, 2.05) is 0 Å². The van der Waals surface area contributed by atoms with Gasteiger partial charge in [-0.2, -0.15) is 0 Å². The number of anilines is 3. The van der Waals surface area contributed by atoms with Crippen LogP contribution in [0.15, 0.2) is 212 Å². The molecule has 0 saturated heterocycles. The van der Waals surface area contributed by atoms with Crippen LogP contribution in [0, 0.1) is 6.92 Å². The summed E-state index contributed by atoms with van der Waals surface area (Å²) >= 11 is 0. The van der Waals surface area contributed by atoms with Crippen LogP contribution in [0.1, 0.15) is 5.56 Å². The van der Waals surface area contributed by atoms with Crippen molar-refractivity contribution < 1.29 is 0 Å². The molecule has 0 aliphatic heterocycles. The highest BCUT2D eigenvalue weighted by Gasteiger charge is 2.22. The van der Waals surface area contributed by atoms with Crippen LogP contribution in [0.5, 0.6) is 0 Å². The van der Waals surface area contributed by atoms with Gasteiger partial charge in [0.25, 0.3) is 0 Å². The zero-order valence-electron chi connectivity index (χ0n) is 31.6. The maximum atomic E-state index is 2.40. The highest BCUT2D eigenvalue weighted by molar-refractivity contribution is 6.24. The van der Waals surface area contributed by atoms with Gasteiger partial charge >= 0.3 is 0 Å². The molecule has 0 unspecified atom stereocenters. The van der Waals surface area contributed by atoms with Gasteiger partial charge in [0.2, 0.25) is 0 Å². The van der Waals surface area contributed by atoms with Crippen LogP contribution in [-0.4, -0.2) is 4.57 Å². The molecule has 0 aliphatic carbocycles. The molecule has 0 saturated carbocycles. The summed E-state index contributed by atoms with van der Waals surface area (Å²) in [6, 6.07) is 77.5. The molecule has 11 rings (SSSR count). The maximum absolute atomic E-state index is 2.40. The maximum Gasteiger partial charge on any atom is 0.0541 e. The molecular formula is C55H38N2. The van der Waals surface area contributed by atoms with Gasteiger partial charge in [0.15, 0.2) is 0 Å². The van der Waals surface area contributed by atoms with Crippen molar-refractivity contribution in [2.24, 2.45) is 0 Å². The lowest BCUT2D eigenvalue weighted by molar-refractivity contribution is 1.17. The molecule has 0 radical (unpaired) electrons. The summed E-state index contributed by atoms with van der Waals surface area (Å²) in [7, 11) is 0. The minimum Gasteiger partial charge on any atom is -0.310 e. The predicted molar refractivity (Wildman–Crippen MR) is 244 cm³/mol. The van der Waals surface area contributed by atoms with Crippen molar-refractivity contribution in [2.45, 2.75) is 6.92 Å². The third kappa shape index (κ3) is 5.33. The van der Waals surface area contributed by atoms with Crippen LogP contribution in [-0.2, 0) is 0 Å². The number of benzene rings is 10. The molecule has 0 bridgehead atoms. The number of aromatic nitrogens is 1. The number of fused-ring (bicyclic) bond motifs is 6. The van der Waals surface area contributed by atoms with E-state index in [1.165, 1.54) is 81.9 Å². The molecule has 268 valence electrons. The lowest BCUT2D eigenvalue weighted by Crippen LogP contribution is -2.10. The average molecular weight is 727 g/mol. The van der Waals surface area contributed by atoms with Gasteiger partial charge in [0, 0.05) is 33.2 Å². The van der Waals surface area contributed by atoms with E-state index in [-0.39, 0.29) is 0 Å². The first kappa shape index (κ1) is 33.0. The van der Waals surface area contributed by atoms with E-state index in [2.05, 4.69) is 229 Å². The van der Waals surface area contributed by atoms with E-state index in [0.717, 1.165) is 22.7 Å². The van der Waals surface area contributed by atoms with Crippen molar-refractivity contribution in [2.75, 3.05) is 4.90 Å². The third-order valence-electron chi connectivity index (χ3n) is 11.6. The number of hydrogen-bond donors (Lipinski definition) is 0.